The van der Waals surface area contributed by atoms with Crippen LogP contribution in [0.4, 0.5) is 13.2 Å². The molecule has 0 bridgehead atoms. The normalized spacial score (nSPS) is 28.2. The molecule has 1 heterocycles. The summed E-state index contributed by atoms with van der Waals surface area (Å²) >= 11 is 0. The fourth-order valence-corrected chi connectivity index (χ4v) is 1.91. The highest BCUT2D eigenvalue weighted by Crippen LogP contribution is 2.38. The Morgan fingerprint density at radius 2 is 2.00 bits per heavy atom. The third kappa shape index (κ3) is 2.19. The van der Waals surface area contributed by atoms with Gasteiger partial charge in [-0.05, 0) is 5.92 Å². The van der Waals surface area contributed by atoms with Gasteiger partial charge in [0.2, 0.25) is 5.91 Å². The van der Waals surface area contributed by atoms with Gasteiger partial charge >= 0.3 is 6.18 Å². The third-order valence-electron chi connectivity index (χ3n) is 2.83. The van der Waals surface area contributed by atoms with Gasteiger partial charge in [0.25, 0.3) is 0 Å². The van der Waals surface area contributed by atoms with Crippen LogP contribution in [0.1, 0.15) is 20.3 Å². The lowest BCUT2D eigenvalue weighted by molar-refractivity contribution is -0.180. The molecule has 0 aliphatic carbocycles. The molecule has 1 rings (SSSR count). The minimum atomic E-state index is -4.18. The summed E-state index contributed by atoms with van der Waals surface area (Å²) in [5.41, 5.74) is 0. The summed E-state index contributed by atoms with van der Waals surface area (Å²) in [6, 6.07) is 0. The van der Waals surface area contributed by atoms with Crippen LogP contribution in [0.25, 0.3) is 0 Å². The Labute approximate surface area is 81.1 Å². The number of halogens is 3. The number of amides is 1. The van der Waals surface area contributed by atoms with Gasteiger partial charge in [0.1, 0.15) is 0 Å². The van der Waals surface area contributed by atoms with Crippen molar-refractivity contribution in [2.24, 2.45) is 11.8 Å². The van der Waals surface area contributed by atoms with Crippen molar-refractivity contribution in [2.45, 2.75) is 26.4 Å². The molecule has 1 saturated heterocycles. The fourth-order valence-electron chi connectivity index (χ4n) is 1.91. The molecule has 0 aromatic heterocycles. The van der Waals surface area contributed by atoms with Crippen molar-refractivity contribution in [2.75, 3.05) is 13.1 Å². The molecule has 2 atom stereocenters. The molecule has 0 aromatic carbocycles. The summed E-state index contributed by atoms with van der Waals surface area (Å²) < 4.78 is 37.5. The van der Waals surface area contributed by atoms with E-state index >= 15 is 0 Å². The minimum absolute atomic E-state index is 0.169. The molecule has 5 heteroatoms. The Morgan fingerprint density at radius 3 is 2.29 bits per heavy atom. The number of hydrogen-bond donors (Lipinski definition) is 0. The zero-order chi connectivity index (χ0) is 10.9. The minimum Gasteiger partial charge on any atom is -0.342 e. The lowest BCUT2D eigenvalue weighted by Crippen LogP contribution is -2.31. The van der Waals surface area contributed by atoms with E-state index in [9.17, 15) is 18.0 Å². The molecular formula is C9H14F3NO. The molecule has 1 aliphatic rings. The topological polar surface area (TPSA) is 20.3 Å². The predicted octanol–water partition coefficient (Wildman–Crippen LogP) is 2.05. The van der Waals surface area contributed by atoms with Crippen LogP contribution >= 0.6 is 0 Å². The average Bonchev–Trinajstić information content (AvgIpc) is 2.46. The maximum absolute atomic E-state index is 12.5. The maximum Gasteiger partial charge on any atom is 0.393 e. The second-order valence-corrected chi connectivity index (χ2v) is 3.74. The van der Waals surface area contributed by atoms with Gasteiger partial charge in [-0.1, -0.05) is 13.3 Å². The van der Waals surface area contributed by atoms with Crippen molar-refractivity contribution < 1.29 is 18.0 Å². The summed E-state index contributed by atoms with van der Waals surface area (Å²) in [5, 5.41) is 0. The zero-order valence-corrected chi connectivity index (χ0v) is 8.27. The second kappa shape index (κ2) is 3.79. The fraction of sp³-hybridized carbons (Fsp3) is 0.889. The van der Waals surface area contributed by atoms with Crippen molar-refractivity contribution in [3.8, 4) is 0 Å². The highest BCUT2D eigenvalue weighted by molar-refractivity contribution is 5.73. The monoisotopic (exact) mass is 209 g/mol. The van der Waals surface area contributed by atoms with Gasteiger partial charge in [0, 0.05) is 20.0 Å². The first kappa shape index (κ1) is 11.3. The lowest BCUT2D eigenvalue weighted by atomic mass is 9.93. The van der Waals surface area contributed by atoms with Crippen molar-refractivity contribution in [1.29, 1.82) is 0 Å². The number of carbonyl (C=O) groups is 1. The van der Waals surface area contributed by atoms with Gasteiger partial charge in [0.05, 0.1) is 5.92 Å². The smallest absolute Gasteiger partial charge is 0.342 e. The maximum atomic E-state index is 12.5. The molecule has 1 amide bonds. The van der Waals surface area contributed by atoms with Crippen LogP contribution in [0.2, 0.25) is 0 Å². The Balaban J connectivity index is 2.73. The highest BCUT2D eigenvalue weighted by Gasteiger charge is 2.49. The van der Waals surface area contributed by atoms with Gasteiger partial charge in [-0.15, -0.1) is 0 Å². The largest absolute Gasteiger partial charge is 0.393 e. The predicted molar refractivity (Wildman–Crippen MR) is 45.6 cm³/mol. The first-order valence-electron chi connectivity index (χ1n) is 4.68. The number of rotatable bonds is 1. The zero-order valence-electron chi connectivity index (χ0n) is 8.27. The number of alkyl halides is 3. The van der Waals surface area contributed by atoms with Gasteiger partial charge in [0.15, 0.2) is 0 Å². The van der Waals surface area contributed by atoms with Crippen LogP contribution in [-0.2, 0) is 4.79 Å². The van der Waals surface area contributed by atoms with Crippen LogP contribution in [0.5, 0.6) is 0 Å². The van der Waals surface area contributed by atoms with Crippen LogP contribution in [0.3, 0.4) is 0 Å². The van der Waals surface area contributed by atoms with E-state index in [1.807, 2.05) is 0 Å². The lowest BCUT2D eigenvalue weighted by Gasteiger charge is -2.19. The molecule has 0 saturated carbocycles. The molecule has 1 aliphatic heterocycles. The first-order valence-corrected chi connectivity index (χ1v) is 4.68. The van der Waals surface area contributed by atoms with Crippen molar-refractivity contribution in [3.05, 3.63) is 0 Å². The Bertz CT molecular complexity index is 227. The SMILES string of the molecule is CCC1CN(C(C)=O)CC1C(F)(F)F. The average molecular weight is 209 g/mol. The number of carbonyl (C=O) groups excluding carboxylic acids is 1. The standard InChI is InChI=1S/C9H14F3NO/c1-3-7-4-13(6(2)14)5-8(7)9(10,11)12/h7-8H,3-5H2,1-2H3. The number of hydrogen-bond acceptors (Lipinski definition) is 1. The number of likely N-dealkylation sites (tertiary alicyclic amines) is 1. The molecule has 82 valence electrons. The second-order valence-electron chi connectivity index (χ2n) is 3.74. The van der Waals surface area contributed by atoms with E-state index in [-0.39, 0.29) is 19.0 Å². The van der Waals surface area contributed by atoms with E-state index in [4.69, 9.17) is 0 Å². The van der Waals surface area contributed by atoms with E-state index in [0.29, 0.717) is 6.42 Å². The third-order valence-corrected chi connectivity index (χ3v) is 2.83. The molecule has 2 nitrogen and oxygen atoms in total. The molecule has 0 radical (unpaired) electrons. The van der Waals surface area contributed by atoms with Gasteiger partial charge in [-0.2, -0.15) is 13.2 Å². The molecule has 0 spiro atoms. The molecule has 2 unspecified atom stereocenters. The van der Waals surface area contributed by atoms with Gasteiger partial charge in [-0.3, -0.25) is 4.79 Å². The highest BCUT2D eigenvalue weighted by atomic mass is 19.4. The van der Waals surface area contributed by atoms with Crippen molar-refractivity contribution in [3.63, 3.8) is 0 Å². The summed E-state index contributed by atoms with van der Waals surface area (Å²) in [4.78, 5) is 12.2. The summed E-state index contributed by atoms with van der Waals surface area (Å²) in [5.74, 6) is -2.04. The van der Waals surface area contributed by atoms with E-state index in [1.165, 1.54) is 11.8 Å². The quantitative estimate of drug-likeness (QED) is 0.647. The first-order chi connectivity index (χ1) is 6.36. The van der Waals surface area contributed by atoms with Crippen molar-refractivity contribution >= 4 is 5.91 Å². The Morgan fingerprint density at radius 1 is 1.43 bits per heavy atom. The van der Waals surface area contributed by atoms with Crippen LogP contribution in [0, 0.1) is 11.8 Å². The molecule has 14 heavy (non-hydrogen) atoms. The molecule has 0 aromatic rings. The van der Waals surface area contributed by atoms with Crippen molar-refractivity contribution in [1.82, 2.24) is 4.90 Å². The van der Waals surface area contributed by atoms with Crippen LogP contribution in [0.15, 0.2) is 0 Å². The Hall–Kier alpha value is -0.740. The number of nitrogens with zero attached hydrogens (tertiary/aromatic N) is 1. The summed E-state index contributed by atoms with van der Waals surface area (Å²) in [6.45, 7) is 3.12. The van der Waals surface area contributed by atoms with Crippen LogP contribution in [-0.4, -0.2) is 30.1 Å². The molecular weight excluding hydrogens is 195 g/mol. The van der Waals surface area contributed by atoms with Gasteiger partial charge < -0.3 is 4.90 Å². The molecule has 1 fully saturated rings. The van der Waals surface area contributed by atoms with Crippen LogP contribution < -0.4 is 0 Å². The Kier molecular flexibility index (Phi) is 3.07. The van der Waals surface area contributed by atoms with Gasteiger partial charge in [-0.25, -0.2) is 0 Å². The summed E-state index contributed by atoms with van der Waals surface area (Å²) in [7, 11) is 0. The summed E-state index contributed by atoms with van der Waals surface area (Å²) in [6.07, 6.45) is -3.71. The molecule has 0 N–H and O–H groups in total. The van der Waals surface area contributed by atoms with E-state index in [2.05, 4.69) is 0 Å². The van der Waals surface area contributed by atoms with E-state index < -0.39 is 18.0 Å². The van der Waals surface area contributed by atoms with E-state index in [0.717, 1.165) is 0 Å². The van der Waals surface area contributed by atoms with E-state index in [1.54, 1.807) is 6.92 Å².